The van der Waals surface area contributed by atoms with Gasteiger partial charge in [-0.05, 0) is 46.2 Å². The summed E-state index contributed by atoms with van der Waals surface area (Å²) in [5.74, 6) is -4.02. The normalized spacial score (nSPS) is 26.1. The number of carboxylic acid groups (broad SMARTS) is 1. The van der Waals surface area contributed by atoms with Crippen molar-refractivity contribution in [2.45, 2.75) is 58.5 Å². The van der Waals surface area contributed by atoms with Crippen molar-refractivity contribution >= 4 is 34.2 Å². The number of nitrogens with zero attached hydrogens (tertiary/aromatic N) is 1. The van der Waals surface area contributed by atoms with Gasteiger partial charge >= 0.3 is 5.97 Å². The van der Waals surface area contributed by atoms with Crippen LogP contribution in [-0.2, 0) is 27.2 Å². The number of imide groups is 1. The zero-order chi connectivity index (χ0) is 26.5. The molecule has 2 fully saturated rings. The fourth-order valence-electron chi connectivity index (χ4n) is 6.63. The van der Waals surface area contributed by atoms with Crippen LogP contribution in [0.2, 0.25) is 0 Å². The van der Waals surface area contributed by atoms with Gasteiger partial charge in [0.1, 0.15) is 5.54 Å². The van der Waals surface area contributed by atoms with Crippen molar-refractivity contribution in [3.8, 4) is 0 Å². The molecule has 2 N–H and O–H groups in total. The Balaban J connectivity index is 1.76. The average molecular weight is 499 g/mol. The highest BCUT2D eigenvalue weighted by molar-refractivity contribution is 6.25. The van der Waals surface area contributed by atoms with E-state index in [4.69, 9.17) is 0 Å². The number of aliphatic carboxylic acids is 1. The van der Waals surface area contributed by atoms with Gasteiger partial charge in [-0.15, -0.1) is 0 Å². The number of fused-ring (bicyclic) bond motifs is 2. The van der Waals surface area contributed by atoms with Crippen molar-refractivity contribution in [3.63, 3.8) is 0 Å². The third-order valence-corrected chi connectivity index (χ3v) is 8.69. The summed E-state index contributed by atoms with van der Waals surface area (Å²) < 4.78 is 0. The molecular weight excluding hydrogens is 464 g/mol. The molecule has 2 amide bonds. The molecule has 5 atom stereocenters. The van der Waals surface area contributed by atoms with Gasteiger partial charge in [0, 0.05) is 6.04 Å². The van der Waals surface area contributed by atoms with E-state index in [-0.39, 0.29) is 11.8 Å². The lowest BCUT2D eigenvalue weighted by Crippen LogP contribution is -2.59. The molecule has 0 bridgehead atoms. The zero-order valence-corrected chi connectivity index (χ0v) is 21.8. The number of carbonyl (C=O) groups is 3. The first kappa shape index (κ1) is 25.2. The summed E-state index contributed by atoms with van der Waals surface area (Å²) in [6.45, 7) is 7.80. The number of hydrogen-bond acceptors (Lipinski definition) is 4. The molecule has 3 aromatic carbocycles. The lowest BCUT2D eigenvalue weighted by Gasteiger charge is -2.36. The van der Waals surface area contributed by atoms with Crippen molar-refractivity contribution in [1.29, 1.82) is 0 Å². The summed E-state index contributed by atoms with van der Waals surface area (Å²) in [7, 11) is 0. The first-order valence-corrected chi connectivity index (χ1v) is 13.3. The Hall–Kier alpha value is -3.51. The van der Waals surface area contributed by atoms with Gasteiger partial charge in [-0.3, -0.25) is 19.7 Å². The van der Waals surface area contributed by atoms with Gasteiger partial charge in [0.05, 0.1) is 17.5 Å². The Morgan fingerprint density at radius 3 is 2.19 bits per heavy atom. The number of para-hydroxylation sites is 1. The van der Waals surface area contributed by atoms with Crippen molar-refractivity contribution in [2.24, 2.45) is 17.8 Å². The predicted octanol–water partition coefficient (Wildman–Crippen LogP) is 5.28. The minimum Gasteiger partial charge on any atom is -0.480 e. The molecule has 0 saturated carbocycles. The fourth-order valence-corrected chi connectivity index (χ4v) is 6.63. The molecule has 5 unspecified atom stereocenters. The molecule has 6 nitrogen and oxygen atoms in total. The van der Waals surface area contributed by atoms with Crippen LogP contribution in [-0.4, -0.2) is 28.4 Å². The minimum absolute atomic E-state index is 0.317. The van der Waals surface area contributed by atoms with Crippen LogP contribution in [0.1, 0.15) is 56.8 Å². The Kier molecular flexibility index (Phi) is 6.40. The van der Waals surface area contributed by atoms with Gasteiger partial charge in [0.15, 0.2) is 0 Å². The lowest BCUT2D eigenvalue weighted by atomic mass is 9.71. The number of nitrogens with one attached hydrogen (secondary N) is 1. The van der Waals surface area contributed by atoms with E-state index in [1.807, 2.05) is 88.4 Å². The van der Waals surface area contributed by atoms with Crippen LogP contribution >= 0.6 is 0 Å². The Labute approximate surface area is 217 Å². The van der Waals surface area contributed by atoms with Crippen molar-refractivity contribution in [1.82, 2.24) is 5.32 Å². The first-order chi connectivity index (χ1) is 17.8. The molecule has 6 heteroatoms. The minimum atomic E-state index is -1.56. The van der Waals surface area contributed by atoms with Gasteiger partial charge in [-0.2, -0.15) is 0 Å². The van der Waals surface area contributed by atoms with Crippen LogP contribution in [0, 0.1) is 17.8 Å². The van der Waals surface area contributed by atoms with E-state index in [1.54, 1.807) is 0 Å². The molecule has 5 rings (SSSR count). The quantitative estimate of drug-likeness (QED) is 0.433. The Morgan fingerprint density at radius 2 is 1.57 bits per heavy atom. The number of rotatable bonds is 7. The van der Waals surface area contributed by atoms with Crippen molar-refractivity contribution < 1.29 is 19.5 Å². The van der Waals surface area contributed by atoms with Crippen molar-refractivity contribution in [3.05, 3.63) is 77.4 Å². The third-order valence-electron chi connectivity index (χ3n) is 8.69. The summed E-state index contributed by atoms with van der Waals surface area (Å²) in [6, 6.07) is 19.0. The molecule has 192 valence electrons. The molecule has 2 saturated heterocycles. The molecular formula is C31H34N2O4. The van der Waals surface area contributed by atoms with Gasteiger partial charge < -0.3 is 5.11 Å². The number of carbonyl (C=O) groups excluding carboxylic acids is 2. The molecule has 0 aliphatic carbocycles. The molecule has 2 aliphatic rings. The number of carboxylic acids is 1. The molecule has 0 aromatic heterocycles. The maximum atomic E-state index is 14.3. The molecule has 0 spiro atoms. The average Bonchev–Trinajstić information content (AvgIpc) is 3.41. The highest BCUT2D eigenvalue weighted by atomic mass is 16.4. The van der Waals surface area contributed by atoms with E-state index in [0.717, 1.165) is 27.5 Å². The van der Waals surface area contributed by atoms with Crippen LogP contribution in [0.3, 0.4) is 0 Å². The maximum Gasteiger partial charge on any atom is 0.325 e. The fraction of sp³-hybridized carbons (Fsp3) is 0.387. The molecule has 37 heavy (non-hydrogen) atoms. The SMILES string of the molecule is CCc1cccc(CC)c1N1C(=O)C2C(c3cccc4ccccc34)NC(C(=O)O)(C(C)CC)C2C1=O. The van der Waals surface area contributed by atoms with E-state index in [1.165, 1.54) is 4.90 Å². The summed E-state index contributed by atoms with van der Waals surface area (Å²) in [5.41, 5.74) is 1.76. The lowest BCUT2D eigenvalue weighted by molar-refractivity contribution is -0.151. The highest BCUT2D eigenvalue weighted by Gasteiger charge is 2.70. The Morgan fingerprint density at radius 1 is 0.946 bits per heavy atom. The second-order valence-corrected chi connectivity index (χ2v) is 10.3. The van der Waals surface area contributed by atoms with Gasteiger partial charge in [-0.1, -0.05) is 94.8 Å². The topological polar surface area (TPSA) is 86.7 Å². The summed E-state index contributed by atoms with van der Waals surface area (Å²) in [5, 5.41) is 16.1. The molecule has 2 aliphatic heterocycles. The largest absolute Gasteiger partial charge is 0.480 e. The van der Waals surface area contributed by atoms with E-state index >= 15 is 0 Å². The third kappa shape index (κ3) is 3.53. The predicted molar refractivity (Wildman–Crippen MR) is 144 cm³/mol. The summed E-state index contributed by atoms with van der Waals surface area (Å²) in [4.78, 5) is 43.1. The van der Waals surface area contributed by atoms with E-state index < -0.39 is 35.3 Å². The highest BCUT2D eigenvalue weighted by Crippen LogP contribution is 2.54. The number of aryl methyl sites for hydroxylation is 2. The first-order valence-electron chi connectivity index (χ1n) is 13.3. The molecule has 2 heterocycles. The van der Waals surface area contributed by atoms with E-state index in [0.29, 0.717) is 24.9 Å². The zero-order valence-electron chi connectivity index (χ0n) is 21.8. The maximum absolute atomic E-state index is 14.3. The molecule has 0 radical (unpaired) electrons. The van der Waals surface area contributed by atoms with Crippen molar-refractivity contribution in [2.75, 3.05) is 4.90 Å². The standard InChI is InChI=1S/C31H34N2O4/c1-5-18(4)31(30(36)37)25-24(26(32-31)23-17-11-15-21-12-8-9-16-22(21)23)28(34)33(29(25)35)27-19(6-2)13-10-14-20(27)7-3/h8-18,24-26,32H,5-7H2,1-4H3,(H,36,37). The van der Waals surface area contributed by atoms with Crippen LogP contribution < -0.4 is 10.2 Å². The number of anilines is 1. The number of amides is 2. The van der Waals surface area contributed by atoms with Crippen LogP contribution in [0.15, 0.2) is 60.7 Å². The van der Waals surface area contributed by atoms with E-state index in [9.17, 15) is 19.5 Å². The van der Waals surface area contributed by atoms with E-state index in [2.05, 4.69) is 5.32 Å². The van der Waals surface area contributed by atoms with Crippen LogP contribution in [0.5, 0.6) is 0 Å². The number of hydrogen-bond donors (Lipinski definition) is 2. The monoisotopic (exact) mass is 498 g/mol. The van der Waals surface area contributed by atoms with Gasteiger partial charge in [-0.25, -0.2) is 4.90 Å². The smallest absolute Gasteiger partial charge is 0.325 e. The second kappa shape index (κ2) is 9.42. The van der Waals surface area contributed by atoms with Gasteiger partial charge in [0.2, 0.25) is 11.8 Å². The molecule has 3 aromatic rings. The Bertz CT molecular complexity index is 1370. The van der Waals surface area contributed by atoms with Crippen LogP contribution in [0.25, 0.3) is 10.8 Å². The summed E-state index contributed by atoms with van der Waals surface area (Å²) in [6.07, 6.45) is 1.88. The summed E-state index contributed by atoms with van der Waals surface area (Å²) >= 11 is 0. The van der Waals surface area contributed by atoms with Crippen LogP contribution in [0.4, 0.5) is 5.69 Å². The van der Waals surface area contributed by atoms with Gasteiger partial charge in [0.25, 0.3) is 0 Å². The number of benzene rings is 3. The second-order valence-electron chi connectivity index (χ2n) is 10.3.